The molecule has 1 aromatic carbocycles. The minimum Gasteiger partial charge on any atom is -0.323 e. The molecule has 0 unspecified atom stereocenters. The van der Waals surface area contributed by atoms with Crippen LogP contribution in [0.3, 0.4) is 0 Å². The van der Waals surface area contributed by atoms with E-state index in [1.165, 1.54) is 11.8 Å². The summed E-state index contributed by atoms with van der Waals surface area (Å²) in [5, 5.41) is 11.2. The summed E-state index contributed by atoms with van der Waals surface area (Å²) in [7, 11) is 0. The monoisotopic (exact) mass is 364 g/mol. The molecule has 4 rings (SSSR count). The molecule has 1 amide bonds. The number of amides is 1. The molecule has 0 bridgehead atoms. The number of carbonyl (C=O) groups excluding carboxylic acids is 1. The van der Waals surface area contributed by atoms with Gasteiger partial charge in [0.2, 0.25) is 5.91 Å². The summed E-state index contributed by atoms with van der Waals surface area (Å²) in [4.78, 5) is 12.4. The average molecular weight is 364 g/mol. The zero-order valence-corrected chi connectivity index (χ0v) is 14.5. The van der Waals surface area contributed by atoms with Gasteiger partial charge in [-0.15, -0.1) is 10.2 Å². The number of thioether (sulfide) groups is 1. The van der Waals surface area contributed by atoms with Gasteiger partial charge >= 0.3 is 0 Å². The zero-order valence-electron chi connectivity index (χ0n) is 13.7. The lowest BCUT2D eigenvalue weighted by atomic mass is 10.3. The van der Waals surface area contributed by atoms with Crippen LogP contribution in [0.5, 0.6) is 0 Å². The highest BCUT2D eigenvalue weighted by atomic mass is 32.2. The standard InChI is InChI=1S/C17H18F2N4OS/c1-9(16(24)20-14-8-11(18)4-7-13(14)19)25-17-22-21-15(10-2-3-10)23(17)12-5-6-12/h4,7-10,12H,2-3,5-6H2,1H3,(H,20,24)/t9-/m0/s1. The van der Waals surface area contributed by atoms with Crippen LogP contribution in [0.2, 0.25) is 0 Å². The lowest BCUT2D eigenvalue weighted by Gasteiger charge is -2.13. The fourth-order valence-corrected chi connectivity index (χ4v) is 3.63. The van der Waals surface area contributed by atoms with E-state index in [-0.39, 0.29) is 5.69 Å². The predicted molar refractivity (Wildman–Crippen MR) is 90.6 cm³/mol. The molecule has 8 heteroatoms. The summed E-state index contributed by atoms with van der Waals surface area (Å²) in [6.45, 7) is 1.72. The fourth-order valence-electron chi connectivity index (χ4n) is 2.70. The Labute approximate surface area is 148 Å². The molecule has 5 nitrogen and oxygen atoms in total. The minimum atomic E-state index is -0.663. The second-order valence-corrected chi connectivity index (χ2v) is 7.90. The number of anilines is 1. The van der Waals surface area contributed by atoms with Crippen molar-refractivity contribution in [3.63, 3.8) is 0 Å². The number of benzene rings is 1. The molecule has 1 heterocycles. The largest absolute Gasteiger partial charge is 0.323 e. The van der Waals surface area contributed by atoms with Crippen LogP contribution in [0.15, 0.2) is 23.4 Å². The van der Waals surface area contributed by atoms with Crippen LogP contribution in [0.1, 0.15) is 50.4 Å². The highest BCUT2D eigenvalue weighted by Gasteiger charge is 2.37. The molecule has 2 saturated carbocycles. The van der Waals surface area contributed by atoms with Crippen LogP contribution >= 0.6 is 11.8 Å². The van der Waals surface area contributed by atoms with Crippen molar-refractivity contribution in [1.82, 2.24) is 14.8 Å². The average Bonchev–Trinajstić information content (AvgIpc) is 3.50. The van der Waals surface area contributed by atoms with Gasteiger partial charge < -0.3 is 9.88 Å². The molecular formula is C17H18F2N4OS. The van der Waals surface area contributed by atoms with E-state index in [9.17, 15) is 13.6 Å². The molecule has 1 atom stereocenters. The Kier molecular flexibility index (Phi) is 4.23. The van der Waals surface area contributed by atoms with Crippen LogP contribution in [-0.2, 0) is 4.79 Å². The minimum absolute atomic E-state index is 0.153. The number of nitrogens with one attached hydrogen (secondary N) is 1. The fraction of sp³-hybridized carbons (Fsp3) is 0.471. The Hall–Kier alpha value is -1.96. The summed E-state index contributed by atoms with van der Waals surface area (Å²) in [5.74, 6) is -0.141. The molecule has 0 aliphatic heterocycles. The molecule has 2 aromatic rings. The van der Waals surface area contributed by atoms with Crippen molar-refractivity contribution in [3.8, 4) is 0 Å². The quantitative estimate of drug-likeness (QED) is 0.790. The van der Waals surface area contributed by atoms with Crippen molar-refractivity contribution in [2.75, 3.05) is 5.32 Å². The van der Waals surface area contributed by atoms with Gasteiger partial charge in [-0.05, 0) is 44.7 Å². The number of aromatic nitrogens is 3. The Morgan fingerprint density at radius 1 is 1.28 bits per heavy atom. The summed E-state index contributed by atoms with van der Waals surface area (Å²) >= 11 is 1.30. The van der Waals surface area contributed by atoms with Crippen molar-refractivity contribution >= 4 is 23.4 Å². The molecule has 2 fully saturated rings. The van der Waals surface area contributed by atoms with E-state index >= 15 is 0 Å². The van der Waals surface area contributed by atoms with Gasteiger partial charge in [-0.3, -0.25) is 4.79 Å². The Bertz CT molecular complexity index is 817. The van der Waals surface area contributed by atoms with Crippen molar-refractivity contribution in [2.24, 2.45) is 0 Å². The second-order valence-electron chi connectivity index (χ2n) is 6.59. The highest BCUT2D eigenvalue weighted by molar-refractivity contribution is 8.00. The van der Waals surface area contributed by atoms with E-state index in [4.69, 9.17) is 0 Å². The molecule has 0 radical (unpaired) electrons. The molecule has 1 aromatic heterocycles. The molecular weight excluding hydrogens is 346 g/mol. The maximum absolute atomic E-state index is 13.7. The normalized spacial score (nSPS) is 18.2. The first-order chi connectivity index (χ1) is 12.0. The second kappa shape index (κ2) is 6.40. The van der Waals surface area contributed by atoms with Crippen LogP contribution in [0, 0.1) is 11.6 Å². The van der Waals surface area contributed by atoms with Gasteiger partial charge in [0, 0.05) is 18.0 Å². The Morgan fingerprint density at radius 2 is 2.04 bits per heavy atom. The van der Waals surface area contributed by atoms with Gasteiger partial charge in [0.25, 0.3) is 0 Å². The maximum atomic E-state index is 13.7. The third-order valence-electron chi connectivity index (χ3n) is 4.38. The molecule has 2 aliphatic rings. The summed E-state index contributed by atoms with van der Waals surface area (Å²) < 4.78 is 29.1. The zero-order chi connectivity index (χ0) is 17.6. The number of hydrogen-bond acceptors (Lipinski definition) is 4. The van der Waals surface area contributed by atoms with Crippen molar-refractivity contribution in [2.45, 2.75) is 55.0 Å². The third kappa shape index (κ3) is 3.53. The molecule has 25 heavy (non-hydrogen) atoms. The van der Waals surface area contributed by atoms with E-state index in [1.807, 2.05) is 0 Å². The van der Waals surface area contributed by atoms with Crippen LogP contribution in [-0.4, -0.2) is 25.9 Å². The maximum Gasteiger partial charge on any atom is 0.237 e. The number of carbonyl (C=O) groups is 1. The smallest absolute Gasteiger partial charge is 0.237 e. The van der Waals surface area contributed by atoms with E-state index in [2.05, 4.69) is 20.1 Å². The Morgan fingerprint density at radius 3 is 2.72 bits per heavy atom. The molecule has 2 aliphatic carbocycles. The van der Waals surface area contributed by atoms with Crippen LogP contribution in [0.4, 0.5) is 14.5 Å². The van der Waals surface area contributed by atoms with Crippen molar-refractivity contribution in [3.05, 3.63) is 35.7 Å². The third-order valence-corrected chi connectivity index (χ3v) is 5.44. The Balaban J connectivity index is 1.47. The number of hydrogen-bond donors (Lipinski definition) is 1. The lowest BCUT2D eigenvalue weighted by Crippen LogP contribution is -2.23. The number of nitrogens with zero attached hydrogens (tertiary/aromatic N) is 3. The lowest BCUT2D eigenvalue weighted by molar-refractivity contribution is -0.115. The first-order valence-corrected chi connectivity index (χ1v) is 9.28. The van der Waals surface area contributed by atoms with Crippen LogP contribution < -0.4 is 5.32 Å². The summed E-state index contributed by atoms with van der Waals surface area (Å²) in [6, 6.07) is 3.42. The van der Waals surface area contributed by atoms with E-state index in [0.717, 1.165) is 54.9 Å². The van der Waals surface area contributed by atoms with Gasteiger partial charge in [0.05, 0.1) is 10.9 Å². The molecule has 132 valence electrons. The number of rotatable bonds is 6. The first-order valence-electron chi connectivity index (χ1n) is 8.40. The molecule has 0 spiro atoms. The van der Waals surface area contributed by atoms with Crippen LogP contribution in [0.25, 0.3) is 0 Å². The van der Waals surface area contributed by atoms with Crippen molar-refractivity contribution < 1.29 is 13.6 Å². The van der Waals surface area contributed by atoms with E-state index < -0.39 is 22.8 Å². The molecule has 0 saturated heterocycles. The summed E-state index contributed by atoms with van der Waals surface area (Å²) in [5.41, 5.74) is -0.153. The van der Waals surface area contributed by atoms with Gasteiger partial charge in [0.15, 0.2) is 5.16 Å². The van der Waals surface area contributed by atoms with Gasteiger partial charge in [0.1, 0.15) is 17.5 Å². The predicted octanol–water partition coefficient (Wildman–Crippen LogP) is 3.89. The topological polar surface area (TPSA) is 59.8 Å². The summed E-state index contributed by atoms with van der Waals surface area (Å²) in [6.07, 6.45) is 4.51. The van der Waals surface area contributed by atoms with Crippen molar-refractivity contribution in [1.29, 1.82) is 0 Å². The van der Waals surface area contributed by atoms with Gasteiger partial charge in [-0.2, -0.15) is 0 Å². The SMILES string of the molecule is C[C@H](Sc1nnc(C2CC2)n1C1CC1)C(=O)Nc1cc(F)ccc1F. The molecule has 1 N–H and O–H groups in total. The van der Waals surface area contributed by atoms with E-state index in [0.29, 0.717) is 12.0 Å². The first kappa shape index (κ1) is 16.5. The highest BCUT2D eigenvalue weighted by Crippen LogP contribution is 2.46. The van der Waals surface area contributed by atoms with Gasteiger partial charge in [-0.25, -0.2) is 8.78 Å². The number of halogens is 2. The van der Waals surface area contributed by atoms with E-state index in [1.54, 1.807) is 6.92 Å². The van der Waals surface area contributed by atoms with Gasteiger partial charge in [-0.1, -0.05) is 11.8 Å².